The number of nitrogens with one attached hydrogen (secondary N) is 1. The van der Waals surface area contributed by atoms with Crippen molar-refractivity contribution in [2.45, 2.75) is 18.9 Å². The topological polar surface area (TPSA) is 68.6 Å². The Bertz CT molecular complexity index is 336. The molecule has 0 aromatic carbocycles. The lowest BCUT2D eigenvalue weighted by Crippen LogP contribution is -2.48. The Morgan fingerprint density at radius 1 is 1.32 bits per heavy atom. The van der Waals surface area contributed by atoms with Crippen LogP contribution in [-0.2, 0) is 9.53 Å². The molecule has 1 atom stereocenters. The molecular weight excluding hydrogens is 244 g/mol. The highest BCUT2D eigenvalue weighted by atomic mass is 16.5. The summed E-state index contributed by atoms with van der Waals surface area (Å²) in [7, 11) is 0. The summed E-state index contributed by atoms with van der Waals surface area (Å²) in [4.78, 5) is 16.4. The summed E-state index contributed by atoms with van der Waals surface area (Å²) in [6, 6.07) is 1.84. The number of rotatable bonds is 4. The first-order valence-corrected chi connectivity index (χ1v) is 7.00. The number of carbonyl (C=O) groups excluding carboxylic acids is 1. The van der Waals surface area contributed by atoms with E-state index in [1.54, 1.807) is 0 Å². The van der Waals surface area contributed by atoms with Gasteiger partial charge in [-0.1, -0.05) is 0 Å². The largest absolute Gasteiger partial charge is 0.379 e. The molecule has 0 radical (unpaired) electrons. The zero-order valence-electron chi connectivity index (χ0n) is 11.3. The zero-order chi connectivity index (χ0) is 13.5. The van der Waals surface area contributed by atoms with E-state index in [4.69, 9.17) is 10.00 Å². The van der Waals surface area contributed by atoms with E-state index >= 15 is 0 Å². The molecule has 0 spiro atoms. The Kier molecular flexibility index (Phi) is 5.58. The van der Waals surface area contributed by atoms with Gasteiger partial charge < -0.3 is 10.1 Å². The van der Waals surface area contributed by atoms with Gasteiger partial charge in [-0.3, -0.25) is 14.6 Å². The van der Waals surface area contributed by atoms with Crippen LogP contribution in [0.25, 0.3) is 0 Å². The van der Waals surface area contributed by atoms with E-state index in [1.165, 1.54) is 0 Å². The van der Waals surface area contributed by atoms with Gasteiger partial charge in [-0.25, -0.2) is 0 Å². The molecule has 2 fully saturated rings. The van der Waals surface area contributed by atoms with Crippen LogP contribution in [0, 0.1) is 11.3 Å². The normalized spacial score (nSPS) is 26.5. The second-order valence-corrected chi connectivity index (χ2v) is 5.01. The maximum absolute atomic E-state index is 11.9. The first kappa shape index (κ1) is 14.3. The lowest BCUT2D eigenvalue weighted by atomic mass is 10.1. The number of carbonyl (C=O) groups is 1. The fraction of sp³-hybridized carbons (Fsp3) is 0.846. The van der Waals surface area contributed by atoms with Crippen molar-refractivity contribution in [2.24, 2.45) is 0 Å². The summed E-state index contributed by atoms with van der Waals surface area (Å²) in [5.74, 6) is 0.000951. The van der Waals surface area contributed by atoms with Crippen molar-refractivity contribution in [2.75, 3.05) is 52.5 Å². The van der Waals surface area contributed by atoms with Crippen LogP contribution in [0.15, 0.2) is 0 Å². The van der Waals surface area contributed by atoms with E-state index < -0.39 is 0 Å². The minimum atomic E-state index is -0.284. The van der Waals surface area contributed by atoms with E-state index in [0.29, 0.717) is 0 Å². The minimum Gasteiger partial charge on any atom is -0.379 e. The average molecular weight is 266 g/mol. The van der Waals surface area contributed by atoms with Crippen LogP contribution < -0.4 is 5.32 Å². The fourth-order valence-electron chi connectivity index (χ4n) is 2.60. The summed E-state index contributed by atoms with van der Waals surface area (Å²) in [6.07, 6.45) is 1.23. The first-order valence-electron chi connectivity index (χ1n) is 7.00. The number of morpholine rings is 1. The quantitative estimate of drug-likeness (QED) is 0.737. The Balaban J connectivity index is 1.87. The number of amides is 1. The molecule has 0 aromatic rings. The molecule has 0 bridgehead atoms. The lowest BCUT2D eigenvalue weighted by molar-refractivity contribution is -0.125. The van der Waals surface area contributed by atoms with Crippen LogP contribution in [0.4, 0.5) is 0 Å². The molecule has 6 heteroatoms. The molecule has 2 aliphatic heterocycles. The highest BCUT2D eigenvalue weighted by Crippen LogP contribution is 2.09. The van der Waals surface area contributed by atoms with Gasteiger partial charge in [0.2, 0.25) is 5.91 Å². The number of hydrogen-bond donors (Lipinski definition) is 1. The first-order chi connectivity index (χ1) is 9.31. The Morgan fingerprint density at radius 3 is 2.84 bits per heavy atom. The van der Waals surface area contributed by atoms with Crippen molar-refractivity contribution in [3.63, 3.8) is 0 Å². The second-order valence-electron chi connectivity index (χ2n) is 5.01. The molecule has 19 heavy (non-hydrogen) atoms. The Morgan fingerprint density at radius 2 is 2.11 bits per heavy atom. The third-order valence-corrected chi connectivity index (χ3v) is 3.76. The third-order valence-electron chi connectivity index (χ3n) is 3.76. The summed E-state index contributed by atoms with van der Waals surface area (Å²) >= 11 is 0. The average Bonchev–Trinajstić information content (AvgIpc) is 2.61. The van der Waals surface area contributed by atoms with Crippen molar-refractivity contribution in [1.82, 2.24) is 15.1 Å². The molecule has 2 aliphatic rings. The van der Waals surface area contributed by atoms with E-state index in [2.05, 4.69) is 21.2 Å². The number of nitrogens with zero attached hydrogens (tertiary/aromatic N) is 3. The van der Waals surface area contributed by atoms with Crippen LogP contribution in [0.2, 0.25) is 0 Å². The standard InChI is InChI=1S/C13H22N4O2/c14-3-2-12-13(18)15-4-1-5-17(12)7-6-16-8-10-19-11-9-16/h12H,1-2,4-11H2,(H,15,18). The molecule has 0 aliphatic carbocycles. The molecule has 106 valence electrons. The maximum Gasteiger partial charge on any atom is 0.238 e. The van der Waals surface area contributed by atoms with Crippen LogP contribution in [0.5, 0.6) is 0 Å². The molecule has 6 nitrogen and oxygen atoms in total. The molecule has 0 aromatic heterocycles. The molecular formula is C13H22N4O2. The summed E-state index contributed by atoms with van der Waals surface area (Å²) < 4.78 is 5.33. The fourth-order valence-corrected chi connectivity index (χ4v) is 2.60. The van der Waals surface area contributed by atoms with Gasteiger partial charge in [0, 0.05) is 39.3 Å². The van der Waals surface area contributed by atoms with Crippen LogP contribution >= 0.6 is 0 Å². The molecule has 1 amide bonds. The van der Waals surface area contributed by atoms with Gasteiger partial charge in [0.05, 0.1) is 25.7 Å². The van der Waals surface area contributed by atoms with E-state index in [0.717, 1.165) is 58.9 Å². The van der Waals surface area contributed by atoms with Crippen molar-refractivity contribution in [3.8, 4) is 6.07 Å². The third kappa shape index (κ3) is 4.16. The van der Waals surface area contributed by atoms with Gasteiger partial charge in [0.1, 0.15) is 6.04 Å². The predicted octanol–water partition coefficient (Wildman–Crippen LogP) is -0.577. The summed E-state index contributed by atoms with van der Waals surface area (Å²) in [6.45, 7) is 6.90. The Hall–Kier alpha value is -1.16. The van der Waals surface area contributed by atoms with Gasteiger partial charge in [-0.2, -0.15) is 5.26 Å². The molecule has 2 saturated heterocycles. The summed E-state index contributed by atoms with van der Waals surface area (Å²) in [5, 5.41) is 11.8. The van der Waals surface area contributed by atoms with Crippen molar-refractivity contribution in [3.05, 3.63) is 0 Å². The van der Waals surface area contributed by atoms with Crippen molar-refractivity contribution < 1.29 is 9.53 Å². The van der Waals surface area contributed by atoms with E-state index in [1.807, 2.05) is 0 Å². The van der Waals surface area contributed by atoms with Gasteiger partial charge in [-0.15, -0.1) is 0 Å². The van der Waals surface area contributed by atoms with Gasteiger partial charge >= 0.3 is 0 Å². The maximum atomic E-state index is 11.9. The highest BCUT2D eigenvalue weighted by molar-refractivity contribution is 5.82. The SMILES string of the molecule is N#CCC1C(=O)NCCCN1CCN1CCOCC1. The number of ether oxygens (including phenoxy) is 1. The predicted molar refractivity (Wildman–Crippen MR) is 70.5 cm³/mol. The van der Waals surface area contributed by atoms with Gasteiger partial charge in [0.25, 0.3) is 0 Å². The van der Waals surface area contributed by atoms with Crippen LogP contribution in [0.1, 0.15) is 12.8 Å². The van der Waals surface area contributed by atoms with E-state index in [9.17, 15) is 4.79 Å². The van der Waals surface area contributed by atoms with Crippen LogP contribution in [-0.4, -0.2) is 74.2 Å². The molecule has 0 saturated carbocycles. The number of nitriles is 1. The minimum absolute atomic E-state index is 0.000951. The van der Waals surface area contributed by atoms with Crippen molar-refractivity contribution >= 4 is 5.91 Å². The molecule has 2 rings (SSSR count). The highest BCUT2D eigenvalue weighted by Gasteiger charge is 2.28. The zero-order valence-corrected chi connectivity index (χ0v) is 11.3. The van der Waals surface area contributed by atoms with Crippen LogP contribution in [0.3, 0.4) is 0 Å². The molecule has 1 N–H and O–H groups in total. The second kappa shape index (κ2) is 7.43. The van der Waals surface area contributed by atoms with Crippen molar-refractivity contribution in [1.29, 1.82) is 5.26 Å². The van der Waals surface area contributed by atoms with Gasteiger partial charge in [-0.05, 0) is 6.42 Å². The Labute approximate surface area is 114 Å². The summed E-state index contributed by atoms with van der Waals surface area (Å²) in [5.41, 5.74) is 0. The lowest BCUT2D eigenvalue weighted by Gasteiger charge is -2.31. The van der Waals surface area contributed by atoms with E-state index in [-0.39, 0.29) is 18.4 Å². The molecule has 1 unspecified atom stereocenters. The smallest absolute Gasteiger partial charge is 0.238 e. The number of hydrogen-bond acceptors (Lipinski definition) is 5. The monoisotopic (exact) mass is 266 g/mol. The molecule has 2 heterocycles. The van der Waals surface area contributed by atoms with Gasteiger partial charge in [0.15, 0.2) is 0 Å².